The van der Waals surface area contributed by atoms with Crippen molar-refractivity contribution >= 4 is 23.2 Å². The van der Waals surface area contributed by atoms with Crippen LogP contribution in [0.25, 0.3) is 0 Å². The molecule has 18 heavy (non-hydrogen) atoms. The normalized spacial score (nSPS) is 11.4. The molecule has 0 saturated carbocycles. The molecule has 0 heterocycles. The van der Waals surface area contributed by atoms with E-state index in [9.17, 15) is 22.4 Å². The monoisotopic (exact) mass is 284 g/mol. The third-order valence-electron chi connectivity index (χ3n) is 1.81. The molecule has 0 unspecified atom stereocenters. The van der Waals surface area contributed by atoms with Crippen LogP contribution in [0.5, 0.6) is 0 Å². The molecule has 0 fully saturated rings. The number of rotatable bonds is 4. The maximum atomic E-state index is 13.0. The van der Waals surface area contributed by atoms with Gasteiger partial charge < -0.3 is 10.6 Å². The number of alkyl halides is 3. The number of carbonyl (C=O) groups excluding carboxylic acids is 1. The number of hydrogen-bond donors (Lipinski definition) is 2. The summed E-state index contributed by atoms with van der Waals surface area (Å²) in [5, 5.41) is 4.04. The van der Waals surface area contributed by atoms with Crippen molar-refractivity contribution in [1.82, 2.24) is 5.32 Å². The molecule has 2 N–H and O–H groups in total. The molecule has 0 atom stereocenters. The van der Waals surface area contributed by atoms with Gasteiger partial charge in [0.1, 0.15) is 5.82 Å². The molecule has 0 spiro atoms. The molecule has 0 aliphatic rings. The van der Waals surface area contributed by atoms with Gasteiger partial charge in [0.2, 0.25) is 5.91 Å². The highest BCUT2D eigenvalue weighted by atomic mass is 35.5. The van der Waals surface area contributed by atoms with Crippen LogP contribution < -0.4 is 10.6 Å². The average molecular weight is 285 g/mol. The first-order valence-corrected chi connectivity index (χ1v) is 5.18. The van der Waals surface area contributed by atoms with Crippen LogP contribution in [-0.2, 0) is 4.79 Å². The third-order valence-corrected chi connectivity index (χ3v) is 2.12. The summed E-state index contributed by atoms with van der Waals surface area (Å²) in [5.41, 5.74) is 0.121. The number of anilines is 1. The summed E-state index contributed by atoms with van der Waals surface area (Å²) in [7, 11) is 0. The Morgan fingerprint density at radius 3 is 2.56 bits per heavy atom. The van der Waals surface area contributed by atoms with Crippen LogP contribution in [0.1, 0.15) is 0 Å². The Morgan fingerprint density at radius 2 is 2.00 bits per heavy atom. The number of benzene rings is 1. The fraction of sp³-hybridized carbons (Fsp3) is 0.300. The van der Waals surface area contributed by atoms with Crippen molar-refractivity contribution in [1.29, 1.82) is 0 Å². The maximum absolute atomic E-state index is 13.0. The Kier molecular flexibility index (Phi) is 4.92. The largest absolute Gasteiger partial charge is 0.401 e. The van der Waals surface area contributed by atoms with Gasteiger partial charge in [-0.05, 0) is 18.2 Å². The first-order chi connectivity index (χ1) is 8.28. The Balaban J connectivity index is 2.42. The Morgan fingerprint density at radius 1 is 1.33 bits per heavy atom. The number of carbonyl (C=O) groups is 1. The number of hydrogen-bond acceptors (Lipinski definition) is 2. The van der Waals surface area contributed by atoms with E-state index in [-0.39, 0.29) is 10.7 Å². The van der Waals surface area contributed by atoms with Gasteiger partial charge in [0.05, 0.1) is 18.1 Å². The first-order valence-electron chi connectivity index (χ1n) is 4.80. The Hall–Kier alpha value is -1.34. The molecule has 1 amide bonds. The van der Waals surface area contributed by atoms with Crippen molar-refractivity contribution in [3.63, 3.8) is 0 Å². The van der Waals surface area contributed by atoms with Crippen molar-refractivity contribution in [3.05, 3.63) is 29.0 Å². The SMILES string of the molecule is O=C(CNCC(F)(F)F)Nc1ccc(Cl)c(F)c1. The molecule has 0 aromatic heterocycles. The zero-order chi connectivity index (χ0) is 13.8. The first kappa shape index (κ1) is 14.7. The second kappa shape index (κ2) is 6.01. The predicted octanol–water partition coefficient (Wildman–Crippen LogP) is 2.57. The quantitative estimate of drug-likeness (QED) is 0.835. The van der Waals surface area contributed by atoms with Gasteiger partial charge in [0.25, 0.3) is 0 Å². The molecule has 0 aliphatic heterocycles. The minimum atomic E-state index is -4.38. The molecular weight excluding hydrogens is 276 g/mol. The van der Waals surface area contributed by atoms with E-state index in [1.165, 1.54) is 12.1 Å². The van der Waals surface area contributed by atoms with Crippen molar-refractivity contribution in [3.8, 4) is 0 Å². The van der Waals surface area contributed by atoms with Gasteiger partial charge in [0.15, 0.2) is 0 Å². The molecule has 1 rings (SSSR count). The lowest BCUT2D eigenvalue weighted by molar-refractivity contribution is -0.126. The lowest BCUT2D eigenvalue weighted by Gasteiger charge is -2.09. The Labute approximate surface area is 105 Å². The van der Waals surface area contributed by atoms with Gasteiger partial charge in [-0.15, -0.1) is 0 Å². The summed E-state index contributed by atoms with van der Waals surface area (Å²) in [6, 6.07) is 3.55. The van der Waals surface area contributed by atoms with Gasteiger partial charge in [-0.25, -0.2) is 4.39 Å². The topological polar surface area (TPSA) is 41.1 Å². The maximum Gasteiger partial charge on any atom is 0.401 e. The van der Waals surface area contributed by atoms with E-state index in [4.69, 9.17) is 11.6 Å². The zero-order valence-corrected chi connectivity index (χ0v) is 9.70. The molecule has 0 saturated heterocycles. The highest BCUT2D eigenvalue weighted by Gasteiger charge is 2.26. The minimum absolute atomic E-state index is 0.108. The lowest BCUT2D eigenvalue weighted by Crippen LogP contribution is -2.35. The number of halogens is 5. The smallest absolute Gasteiger partial charge is 0.325 e. The standard InChI is InChI=1S/C10H9ClF4N2O/c11-7-2-1-6(3-8(7)12)17-9(18)4-16-5-10(13,14)15/h1-3,16H,4-5H2,(H,17,18). The van der Waals surface area contributed by atoms with Gasteiger partial charge in [-0.1, -0.05) is 11.6 Å². The summed E-state index contributed by atoms with van der Waals surface area (Å²) in [6.07, 6.45) is -4.38. The highest BCUT2D eigenvalue weighted by molar-refractivity contribution is 6.30. The minimum Gasteiger partial charge on any atom is -0.325 e. The second-order valence-corrected chi connectivity index (χ2v) is 3.80. The number of amides is 1. The summed E-state index contributed by atoms with van der Waals surface area (Å²) < 4.78 is 48.3. The van der Waals surface area contributed by atoms with Crippen LogP contribution >= 0.6 is 11.6 Å². The zero-order valence-electron chi connectivity index (χ0n) is 8.94. The van der Waals surface area contributed by atoms with E-state index in [0.717, 1.165) is 6.07 Å². The Bertz CT molecular complexity index is 436. The van der Waals surface area contributed by atoms with E-state index in [2.05, 4.69) is 5.32 Å². The van der Waals surface area contributed by atoms with E-state index in [1.54, 1.807) is 0 Å². The average Bonchev–Trinajstić information content (AvgIpc) is 2.21. The van der Waals surface area contributed by atoms with Crippen LogP contribution in [0.4, 0.5) is 23.2 Å². The fourth-order valence-corrected chi connectivity index (χ4v) is 1.21. The molecule has 0 aliphatic carbocycles. The van der Waals surface area contributed by atoms with Gasteiger partial charge in [-0.3, -0.25) is 4.79 Å². The molecule has 0 radical (unpaired) electrons. The molecule has 3 nitrogen and oxygen atoms in total. The summed E-state index contributed by atoms with van der Waals surface area (Å²) in [4.78, 5) is 11.2. The van der Waals surface area contributed by atoms with E-state index in [0.29, 0.717) is 0 Å². The van der Waals surface area contributed by atoms with Crippen LogP contribution in [0.3, 0.4) is 0 Å². The highest BCUT2D eigenvalue weighted by Crippen LogP contribution is 2.18. The van der Waals surface area contributed by atoms with Crippen molar-refractivity contribution in [2.45, 2.75) is 6.18 Å². The molecular formula is C10H9ClF4N2O. The predicted molar refractivity (Wildman–Crippen MR) is 59.0 cm³/mol. The summed E-state index contributed by atoms with van der Waals surface area (Å²) in [6.45, 7) is -1.79. The number of nitrogens with one attached hydrogen (secondary N) is 2. The van der Waals surface area contributed by atoms with Gasteiger partial charge >= 0.3 is 6.18 Å². The van der Waals surface area contributed by atoms with Crippen molar-refractivity contribution in [2.75, 3.05) is 18.4 Å². The van der Waals surface area contributed by atoms with Gasteiger partial charge in [0, 0.05) is 5.69 Å². The molecule has 1 aromatic rings. The summed E-state index contributed by atoms with van der Waals surface area (Å²) in [5.74, 6) is -1.43. The van der Waals surface area contributed by atoms with E-state index < -0.39 is 31.0 Å². The third kappa shape index (κ3) is 5.33. The van der Waals surface area contributed by atoms with E-state index in [1.807, 2.05) is 5.32 Å². The van der Waals surface area contributed by atoms with Crippen molar-refractivity contribution in [2.24, 2.45) is 0 Å². The molecule has 1 aromatic carbocycles. The van der Waals surface area contributed by atoms with Crippen LogP contribution in [0.15, 0.2) is 18.2 Å². The van der Waals surface area contributed by atoms with Crippen LogP contribution in [0.2, 0.25) is 5.02 Å². The van der Waals surface area contributed by atoms with E-state index >= 15 is 0 Å². The fourth-order valence-electron chi connectivity index (χ4n) is 1.10. The van der Waals surface area contributed by atoms with Gasteiger partial charge in [-0.2, -0.15) is 13.2 Å². The second-order valence-electron chi connectivity index (χ2n) is 3.40. The van der Waals surface area contributed by atoms with Crippen LogP contribution in [-0.4, -0.2) is 25.2 Å². The molecule has 8 heteroatoms. The summed E-state index contributed by atoms with van der Waals surface area (Å²) >= 11 is 5.43. The molecule has 0 bridgehead atoms. The van der Waals surface area contributed by atoms with Crippen molar-refractivity contribution < 1.29 is 22.4 Å². The lowest BCUT2D eigenvalue weighted by atomic mass is 10.3. The van der Waals surface area contributed by atoms with Crippen LogP contribution in [0, 0.1) is 5.82 Å². The molecule has 100 valence electrons.